The first-order chi connectivity index (χ1) is 13.9. The maximum absolute atomic E-state index is 12.3. The molecular weight excluding hydrogens is 414 g/mol. The van der Waals surface area contributed by atoms with E-state index >= 15 is 0 Å². The second-order valence-electron chi connectivity index (χ2n) is 5.80. The van der Waals surface area contributed by atoms with Gasteiger partial charge in [0.15, 0.2) is 11.0 Å². The lowest BCUT2D eigenvalue weighted by Gasteiger charge is -2.09. The molecule has 0 aliphatic rings. The molecule has 1 heterocycles. The van der Waals surface area contributed by atoms with Crippen LogP contribution in [-0.4, -0.2) is 27.5 Å². The molecule has 0 unspecified atom stereocenters. The van der Waals surface area contributed by atoms with Crippen molar-refractivity contribution in [3.8, 4) is 0 Å². The van der Waals surface area contributed by atoms with Crippen LogP contribution in [0, 0.1) is 0 Å². The van der Waals surface area contributed by atoms with E-state index in [-0.39, 0.29) is 28.3 Å². The lowest BCUT2D eigenvalue weighted by Crippen LogP contribution is -2.23. The van der Waals surface area contributed by atoms with Crippen molar-refractivity contribution >= 4 is 52.4 Å². The van der Waals surface area contributed by atoms with Gasteiger partial charge in [0, 0.05) is 16.3 Å². The number of amides is 2. The SMILES string of the molecule is Nc1nc(SCC(=O)Nc2ccc(Cl)cc2)[nH]c(=O)c1NC(=O)c1ccccc1. The van der Waals surface area contributed by atoms with E-state index in [1.54, 1.807) is 54.6 Å². The van der Waals surface area contributed by atoms with E-state index in [4.69, 9.17) is 17.3 Å². The molecule has 8 nitrogen and oxygen atoms in total. The highest BCUT2D eigenvalue weighted by Crippen LogP contribution is 2.18. The minimum atomic E-state index is -0.609. The number of nitrogens with zero attached hydrogens (tertiary/aromatic N) is 1. The van der Waals surface area contributed by atoms with Gasteiger partial charge in [0.2, 0.25) is 5.91 Å². The van der Waals surface area contributed by atoms with Gasteiger partial charge in [-0.3, -0.25) is 19.4 Å². The largest absolute Gasteiger partial charge is 0.382 e. The number of thioether (sulfide) groups is 1. The van der Waals surface area contributed by atoms with E-state index in [2.05, 4.69) is 20.6 Å². The Bertz CT molecular complexity index is 1090. The quantitative estimate of drug-likeness (QED) is 0.352. The van der Waals surface area contributed by atoms with Gasteiger partial charge in [-0.2, -0.15) is 0 Å². The van der Waals surface area contributed by atoms with Crippen molar-refractivity contribution < 1.29 is 9.59 Å². The molecule has 0 saturated heterocycles. The van der Waals surface area contributed by atoms with E-state index in [1.165, 1.54) is 0 Å². The number of benzene rings is 2. The molecule has 0 atom stereocenters. The number of H-pyrrole nitrogens is 1. The van der Waals surface area contributed by atoms with Gasteiger partial charge in [-0.25, -0.2) is 4.98 Å². The van der Waals surface area contributed by atoms with Gasteiger partial charge in [0.05, 0.1) is 5.75 Å². The summed E-state index contributed by atoms with van der Waals surface area (Å²) in [5.41, 5.74) is 6.04. The zero-order valence-electron chi connectivity index (χ0n) is 14.9. The molecule has 5 N–H and O–H groups in total. The average molecular weight is 430 g/mol. The van der Waals surface area contributed by atoms with Crippen molar-refractivity contribution in [3.05, 3.63) is 75.5 Å². The number of halogens is 1. The van der Waals surface area contributed by atoms with Crippen LogP contribution in [-0.2, 0) is 4.79 Å². The summed E-state index contributed by atoms with van der Waals surface area (Å²) in [5, 5.41) is 5.88. The van der Waals surface area contributed by atoms with Crippen LogP contribution in [0.25, 0.3) is 0 Å². The van der Waals surface area contributed by atoms with Crippen LogP contribution in [0.1, 0.15) is 10.4 Å². The zero-order chi connectivity index (χ0) is 20.8. The van der Waals surface area contributed by atoms with E-state index in [1.807, 2.05) is 0 Å². The molecule has 148 valence electrons. The molecule has 0 aliphatic heterocycles. The van der Waals surface area contributed by atoms with E-state index in [0.717, 1.165) is 11.8 Å². The smallest absolute Gasteiger partial charge is 0.277 e. The minimum absolute atomic E-state index is 0.000722. The fourth-order valence-electron chi connectivity index (χ4n) is 2.30. The third-order valence-corrected chi connectivity index (χ3v) is 4.79. The molecule has 3 aromatic rings. The van der Waals surface area contributed by atoms with Crippen LogP contribution in [0.5, 0.6) is 0 Å². The predicted molar refractivity (Wildman–Crippen MR) is 114 cm³/mol. The second-order valence-corrected chi connectivity index (χ2v) is 7.20. The number of carbonyl (C=O) groups is 2. The summed E-state index contributed by atoms with van der Waals surface area (Å²) in [5.74, 6) is -0.910. The maximum atomic E-state index is 12.3. The molecule has 10 heteroatoms. The monoisotopic (exact) mass is 429 g/mol. The molecule has 0 saturated carbocycles. The Kier molecular flexibility index (Phi) is 6.53. The topological polar surface area (TPSA) is 130 Å². The number of carbonyl (C=O) groups excluding carboxylic acids is 2. The molecule has 0 aliphatic carbocycles. The summed E-state index contributed by atoms with van der Waals surface area (Å²) in [6, 6.07) is 15.1. The molecule has 0 radical (unpaired) electrons. The summed E-state index contributed by atoms with van der Waals surface area (Å²) < 4.78 is 0. The van der Waals surface area contributed by atoms with Crippen molar-refractivity contribution in [2.75, 3.05) is 22.1 Å². The van der Waals surface area contributed by atoms with Crippen molar-refractivity contribution in [3.63, 3.8) is 0 Å². The first kappa shape index (κ1) is 20.4. The summed E-state index contributed by atoms with van der Waals surface area (Å²) in [7, 11) is 0. The highest BCUT2D eigenvalue weighted by atomic mass is 35.5. The first-order valence-electron chi connectivity index (χ1n) is 8.37. The Morgan fingerprint density at radius 1 is 1.07 bits per heavy atom. The van der Waals surface area contributed by atoms with Crippen molar-refractivity contribution in [1.82, 2.24) is 9.97 Å². The number of hydrogen-bond acceptors (Lipinski definition) is 6. The summed E-state index contributed by atoms with van der Waals surface area (Å²) >= 11 is 6.81. The van der Waals surface area contributed by atoms with Crippen molar-refractivity contribution in [1.29, 1.82) is 0 Å². The second kappa shape index (κ2) is 9.26. The van der Waals surface area contributed by atoms with Gasteiger partial charge >= 0.3 is 0 Å². The molecule has 29 heavy (non-hydrogen) atoms. The fraction of sp³-hybridized carbons (Fsp3) is 0.0526. The fourth-order valence-corrected chi connectivity index (χ4v) is 3.09. The number of nitrogens with two attached hydrogens (primary N) is 1. The summed E-state index contributed by atoms with van der Waals surface area (Å²) in [6.07, 6.45) is 0. The van der Waals surface area contributed by atoms with Crippen LogP contribution in [0.3, 0.4) is 0 Å². The third-order valence-electron chi connectivity index (χ3n) is 3.67. The summed E-state index contributed by atoms with van der Waals surface area (Å²) in [6.45, 7) is 0. The lowest BCUT2D eigenvalue weighted by molar-refractivity contribution is -0.113. The lowest BCUT2D eigenvalue weighted by atomic mass is 10.2. The van der Waals surface area contributed by atoms with E-state index in [9.17, 15) is 14.4 Å². The molecular formula is C19H16ClN5O3S. The number of nitrogens with one attached hydrogen (secondary N) is 3. The minimum Gasteiger partial charge on any atom is -0.382 e. The Hall–Kier alpha value is -3.30. The van der Waals surface area contributed by atoms with Gasteiger partial charge < -0.3 is 16.4 Å². The van der Waals surface area contributed by atoms with Crippen molar-refractivity contribution in [2.24, 2.45) is 0 Å². The van der Waals surface area contributed by atoms with Gasteiger partial charge in [0.25, 0.3) is 11.5 Å². The van der Waals surface area contributed by atoms with Crippen molar-refractivity contribution in [2.45, 2.75) is 5.16 Å². The molecule has 0 fully saturated rings. The number of aromatic nitrogens is 2. The van der Waals surface area contributed by atoms with E-state index < -0.39 is 11.5 Å². The normalized spacial score (nSPS) is 10.4. The number of hydrogen-bond donors (Lipinski definition) is 4. The van der Waals surface area contributed by atoms with Gasteiger partial charge in [0.1, 0.15) is 5.69 Å². The third kappa shape index (κ3) is 5.59. The molecule has 2 amide bonds. The Morgan fingerprint density at radius 3 is 2.41 bits per heavy atom. The number of aromatic amines is 1. The van der Waals surface area contributed by atoms with Gasteiger partial charge in [-0.15, -0.1) is 0 Å². The zero-order valence-corrected chi connectivity index (χ0v) is 16.5. The van der Waals surface area contributed by atoms with Crippen LogP contribution >= 0.6 is 23.4 Å². The summed E-state index contributed by atoms with van der Waals surface area (Å²) in [4.78, 5) is 43.1. The molecule has 0 bridgehead atoms. The van der Waals surface area contributed by atoms with Crippen LogP contribution in [0.15, 0.2) is 64.5 Å². The van der Waals surface area contributed by atoms with Gasteiger partial charge in [-0.1, -0.05) is 41.6 Å². The maximum Gasteiger partial charge on any atom is 0.277 e. The van der Waals surface area contributed by atoms with Gasteiger partial charge in [-0.05, 0) is 36.4 Å². The molecule has 1 aromatic heterocycles. The van der Waals surface area contributed by atoms with E-state index in [0.29, 0.717) is 16.3 Å². The van der Waals surface area contributed by atoms with Crippen LogP contribution < -0.4 is 21.9 Å². The first-order valence-corrected chi connectivity index (χ1v) is 9.73. The number of anilines is 3. The molecule has 0 spiro atoms. The predicted octanol–water partition coefficient (Wildman–Crippen LogP) is 2.99. The van der Waals surface area contributed by atoms with Crippen LogP contribution in [0.4, 0.5) is 17.2 Å². The Balaban J connectivity index is 1.63. The Morgan fingerprint density at radius 2 is 1.76 bits per heavy atom. The molecule has 3 rings (SSSR count). The highest BCUT2D eigenvalue weighted by Gasteiger charge is 2.14. The number of rotatable bonds is 6. The van der Waals surface area contributed by atoms with Crippen LogP contribution in [0.2, 0.25) is 5.02 Å². The standard InChI is InChI=1S/C19H16ClN5O3S/c20-12-6-8-13(9-7-12)22-14(26)10-29-19-24-16(21)15(18(28)25-19)23-17(27)11-4-2-1-3-5-11/h1-9H,10H2,(H,22,26)(H,23,27)(H3,21,24,25,28). The molecule has 2 aromatic carbocycles. The average Bonchev–Trinajstić information content (AvgIpc) is 2.71. The highest BCUT2D eigenvalue weighted by molar-refractivity contribution is 7.99. The number of nitrogen functional groups attached to an aromatic ring is 1. The Labute approximate surface area is 174 Å².